The Balaban J connectivity index is 2.33. The highest BCUT2D eigenvalue weighted by atomic mass is 32.2. The van der Waals surface area contributed by atoms with Gasteiger partial charge in [-0.2, -0.15) is 0 Å². The number of aromatic carboxylic acids is 1. The fraction of sp³-hybridized carbons (Fsp3) is 0.250. The fourth-order valence-corrected chi connectivity index (χ4v) is 4.15. The van der Waals surface area contributed by atoms with E-state index in [0.29, 0.717) is 5.56 Å². The summed E-state index contributed by atoms with van der Waals surface area (Å²) in [5.74, 6) is -1.42. The zero-order valence-corrected chi connectivity index (χ0v) is 16.9. The summed E-state index contributed by atoms with van der Waals surface area (Å²) in [7, 11) is -3.60. The lowest BCUT2D eigenvalue weighted by Gasteiger charge is -2.23. The Kier molecular flexibility index (Phi) is 5.52. The summed E-state index contributed by atoms with van der Waals surface area (Å²) in [6.07, 6.45) is 1.07. The van der Waals surface area contributed by atoms with Crippen molar-refractivity contribution in [3.05, 3.63) is 47.8 Å². The van der Waals surface area contributed by atoms with Crippen molar-refractivity contribution in [2.45, 2.75) is 13.8 Å². The Labute approximate surface area is 167 Å². The molecule has 0 aliphatic carbocycles. The number of ether oxygens (including phenoxy) is 1. The van der Waals surface area contributed by atoms with E-state index < -0.39 is 21.8 Å². The topological polar surface area (TPSA) is 97.1 Å². The van der Waals surface area contributed by atoms with Crippen molar-refractivity contribution < 1.29 is 31.9 Å². The van der Waals surface area contributed by atoms with Crippen LogP contribution in [0.25, 0.3) is 22.3 Å². The number of carbonyl (C=O) groups is 1. The molecule has 1 aromatic heterocycles. The van der Waals surface area contributed by atoms with Gasteiger partial charge in [0.25, 0.3) is 0 Å². The molecule has 2 aromatic carbocycles. The number of carboxylic acids is 1. The molecule has 0 aliphatic heterocycles. The van der Waals surface area contributed by atoms with Crippen LogP contribution in [0.2, 0.25) is 0 Å². The molecule has 0 radical (unpaired) electrons. The third-order valence-corrected chi connectivity index (χ3v) is 5.60. The molecule has 9 heteroatoms. The Bertz CT molecular complexity index is 1170. The number of halogens is 1. The Morgan fingerprint density at radius 2 is 1.86 bits per heavy atom. The number of nitrogens with zero attached hydrogens (tertiary/aromatic N) is 1. The van der Waals surface area contributed by atoms with Gasteiger partial charge in [-0.25, -0.2) is 17.6 Å². The number of benzene rings is 2. The maximum Gasteiger partial charge on any atom is 0.340 e. The van der Waals surface area contributed by atoms with Crippen molar-refractivity contribution in [2.75, 3.05) is 23.7 Å². The van der Waals surface area contributed by atoms with Crippen LogP contribution in [0.4, 0.5) is 10.1 Å². The lowest BCUT2D eigenvalue weighted by molar-refractivity contribution is 0.0699. The van der Waals surface area contributed by atoms with Gasteiger partial charge in [0.1, 0.15) is 28.5 Å². The molecule has 0 fully saturated rings. The number of fused-ring (bicyclic) bond motifs is 1. The van der Waals surface area contributed by atoms with E-state index in [1.807, 2.05) is 0 Å². The number of hydrogen-bond donors (Lipinski definition) is 1. The quantitative estimate of drug-likeness (QED) is 0.616. The summed E-state index contributed by atoms with van der Waals surface area (Å²) in [5.41, 5.74) is 0.708. The smallest absolute Gasteiger partial charge is 0.340 e. The second-order valence-electron chi connectivity index (χ2n) is 6.30. The van der Waals surface area contributed by atoms with Gasteiger partial charge in [-0.15, -0.1) is 0 Å². The standard InChI is InChI=1S/C20H20FNO6S/c1-4-22(29(3,25)26)15-11-16-14(10-17(15)27-5-2)18(20(23)24)19(28-16)12-6-8-13(21)9-7-12/h6-11H,4-5H2,1-3H3,(H,23,24). The number of carboxylic acid groups (broad SMARTS) is 1. The van der Waals surface area contributed by atoms with E-state index >= 15 is 0 Å². The average molecular weight is 421 g/mol. The van der Waals surface area contributed by atoms with Crippen LogP contribution < -0.4 is 9.04 Å². The molecule has 29 heavy (non-hydrogen) atoms. The predicted molar refractivity (Wildman–Crippen MR) is 108 cm³/mol. The summed E-state index contributed by atoms with van der Waals surface area (Å²) < 4.78 is 50.2. The van der Waals surface area contributed by atoms with Gasteiger partial charge in [-0.3, -0.25) is 4.31 Å². The van der Waals surface area contributed by atoms with Crippen LogP contribution in [0.15, 0.2) is 40.8 Å². The van der Waals surface area contributed by atoms with E-state index in [0.717, 1.165) is 10.6 Å². The van der Waals surface area contributed by atoms with Gasteiger partial charge < -0.3 is 14.3 Å². The van der Waals surface area contributed by atoms with Gasteiger partial charge in [0.2, 0.25) is 10.0 Å². The van der Waals surface area contributed by atoms with Gasteiger partial charge in [0, 0.05) is 23.6 Å². The van der Waals surface area contributed by atoms with E-state index in [9.17, 15) is 22.7 Å². The van der Waals surface area contributed by atoms with Crippen molar-refractivity contribution in [3.8, 4) is 17.1 Å². The monoisotopic (exact) mass is 421 g/mol. The molecule has 0 atom stereocenters. The molecule has 0 amide bonds. The largest absolute Gasteiger partial charge is 0.492 e. The van der Waals surface area contributed by atoms with Crippen LogP contribution in [0.1, 0.15) is 24.2 Å². The number of hydrogen-bond acceptors (Lipinski definition) is 5. The minimum atomic E-state index is -3.60. The maximum absolute atomic E-state index is 13.3. The first-order chi connectivity index (χ1) is 13.7. The molecule has 0 saturated heterocycles. The SMILES string of the molecule is CCOc1cc2c(C(=O)O)c(-c3ccc(F)cc3)oc2cc1N(CC)S(C)(=O)=O. The first kappa shape index (κ1) is 20.7. The van der Waals surface area contributed by atoms with Crippen molar-refractivity contribution in [1.29, 1.82) is 0 Å². The van der Waals surface area contributed by atoms with E-state index in [1.165, 1.54) is 36.4 Å². The van der Waals surface area contributed by atoms with Crippen molar-refractivity contribution in [3.63, 3.8) is 0 Å². The first-order valence-electron chi connectivity index (χ1n) is 8.87. The molecule has 1 N–H and O–H groups in total. The van der Waals surface area contributed by atoms with Crippen molar-refractivity contribution in [2.24, 2.45) is 0 Å². The molecular weight excluding hydrogens is 401 g/mol. The van der Waals surface area contributed by atoms with Crippen molar-refractivity contribution in [1.82, 2.24) is 0 Å². The lowest BCUT2D eigenvalue weighted by atomic mass is 10.0. The maximum atomic E-state index is 13.3. The molecule has 0 bridgehead atoms. The minimum absolute atomic E-state index is 0.0505. The van der Waals surface area contributed by atoms with Gasteiger partial charge in [-0.05, 0) is 44.2 Å². The van der Waals surface area contributed by atoms with E-state index in [4.69, 9.17) is 9.15 Å². The van der Waals surface area contributed by atoms with E-state index in [-0.39, 0.29) is 46.9 Å². The zero-order valence-electron chi connectivity index (χ0n) is 16.1. The predicted octanol–water partition coefficient (Wildman–Crippen LogP) is 4.12. The number of rotatable bonds is 7. The van der Waals surface area contributed by atoms with Crippen LogP contribution in [-0.4, -0.2) is 38.9 Å². The molecule has 7 nitrogen and oxygen atoms in total. The number of furan rings is 1. The summed E-state index contributed by atoms with van der Waals surface area (Å²) in [6, 6.07) is 8.14. The van der Waals surface area contributed by atoms with E-state index in [2.05, 4.69) is 0 Å². The van der Waals surface area contributed by atoms with Gasteiger partial charge in [-0.1, -0.05) is 0 Å². The number of sulfonamides is 1. The van der Waals surface area contributed by atoms with Gasteiger partial charge in [0.15, 0.2) is 0 Å². The molecule has 0 aliphatic rings. The van der Waals surface area contributed by atoms with E-state index in [1.54, 1.807) is 13.8 Å². The van der Waals surface area contributed by atoms with Gasteiger partial charge >= 0.3 is 5.97 Å². The highest BCUT2D eigenvalue weighted by Crippen LogP contribution is 2.41. The average Bonchev–Trinajstić information content (AvgIpc) is 3.00. The van der Waals surface area contributed by atoms with Crippen LogP contribution >= 0.6 is 0 Å². The van der Waals surface area contributed by atoms with Crippen LogP contribution in [0.5, 0.6) is 5.75 Å². The Morgan fingerprint density at radius 1 is 1.21 bits per heavy atom. The molecule has 3 aromatic rings. The normalized spacial score (nSPS) is 11.6. The second kappa shape index (κ2) is 7.75. The van der Waals surface area contributed by atoms with Crippen molar-refractivity contribution >= 4 is 32.6 Å². The summed E-state index contributed by atoms with van der Waals surface area (Å²) in [4.78, 5) is 12.0. The first-order valence-corrected chi connectivity index (χ1v) is 10.7. The molecule has 3 rings (SSSR count). The van der Waals surface area contributed by atoms with Gasteiger partial charge in [0.05, 0.1) is 18.6 Å². The molecule has 0 saturated carbocycles. The summed E-state index contributed by atoms with van der Waals surface area (Å²) in [6.45, 7) is 3.82. The number of anilines is 1. The summed E-state index contributed by atoms with van der Waals surface area (Å²) in [5, 5.41) is 10.0. The highest BCUT2D eigenvalue weighted by molar-refractivity contribution is 7.92. The Morgan fingerprint density at radius 3 is 2.38 bits per heavy atom. The molecular formula is C20H20FNO6S. The lowest BCUT2D eigenvalue weighted by Crippen LogP contribution is -2.29. The third kappa shape index (κ3) is 3.91. The summed E-state index contributed by atoms with van der Waals surface area (Å²) >= 11 is 0. The molecule has 154 valence electrons. The molecule has 1 heterocycles. The second-order valence-corrected chi connectivity index (χ2v) is 8.20. The van der Waals surface area contributed by atoms with Crippen LogP contribution in [-0.2, 0) is 10.0 Å². The minimum Gasteiger partial charge on any atom is -0.492 e. The fourth-order valence-electron chi connectivity index (χ4n) is 3.18. The Hall–Kier alpha value is -3.07. The van der Waals surface area contributed by atoms with Crippen LogP contribution in [0.3, 0.4) is 0 Å². The highest BCUT2D eigenvalue weighted by Gasteiger charge is 2.26. The molecule has 0 unspecified atom stereocenters. The third-order valence-electron chi connectivity index (χ3n) is 4.35. The van der Waals surface area contributed by atoms with Crippen LogP contribution in [0, 0.1) is 5.82 Å². The zero-order chi connectivity index (χ0) is 21.3. The molecule has 0 spiro atoms.